The molecule has 0 saturated carbocycles. The van der Waals surface area contributed by atoms with Gasteiger partial charge in [0.25, 0.3) is 10.1 Å². The zero-order chi connectivity index (χ0) is 5.91. The summed E-state index contributed by atoms with van der Waals surface area (Å²) in [4.78, 5) is 0. The molecule has 0 aromatic rings. The van der Waals surface area contributed by atoms with Crippen LogP contribution in [-0.4, -0.2) is 14.2 Å². The Kier molecular flexibility index (Phi) is 7.61. The Balaban J connectivity index is -0.000000180. The van der Waals surface area contributed by atoms with E-state index in [2.05, 4.69) is 16.5 Å². The van der Waals surface area contributed by atoms with Crippen molar-refractivity contribution in [3.8, 4) is 0 Å². The molecule has 0 aliphatic carbocycles. The van der Waals surface area contributed by atoms with Gasteiger partial charge in [-0.2, -0.15) is 8.42 Å². The molecular formula is C2H7NaO3S2. The molecule has 0 bridgehead atoms. The van der Waals surface area contributed by atoms with Crippen LogP contribution in [0.15, 0.2) is 0 Å². The predicted octanol–water partition coefficient (Wildman–Crippen LogP) is -2.69. The summed E-state index contributed by atoms with van der Waals surface area (Å²) in [6.45, 7) is 1.48. The normalized spacial score (nSPS) is 10.2. The van der Waals surface area contributed by atoms with Gasteiger partial charge in [0, 0.05) is 0 Å². The van der Waals surface area contributed by atoms with Crippen LogP contribution in [0.1, 0.15) is 8.35 Å². The second-order valence-corrected chi connectivity index (χ2v) is 3.21. The first-order valence-corrected chi connectivity index (χ1v) is 3.62. The third kappa shape index (κ3) is 5.40. The summed E-state index contributed by atoms with van der Waals surface area (Å²) in [5, 5.41) is 0. The number of hydrogen-bond acceptors (Lipinski definition) is 4. The Labute approximate surface area is 78.3 Å². The van der Waals surface area contributed by atoms with Gasteiger partial charge in [-0.05, 0) is 19.8 Å². The van der Waals surface area contributed by atoms with E-state index in [0.29, 0.717) is 0 Å². The van der Waals surface area contributed by atoms with Gasteiger partial charge in [-0.15, -0.1) is 0 Å². The molecule has 0 fully saturated rings. The first kappa shape index (κ1) is 12.0. The van der Waals surface area contributed by atoms with Crippen LogP contribution in [0.5, 0.6) is 0 Å². The van der Waals surface area contributed by atoms with Crippen molar-refractivity contribution in [2.45, 2.75) is 6.92 Å². The minimum absolute atomic E-state index is 0. The molecule has 46 valence electrons. The van der Waals surface area contributed by atoms with E-state index in [1.54, 1.807) is 0 Å². The molecule has 6 heteroatoms. The SMILES string of the molecule is CCS(=O)(=O)OS.[H-].[Na+]. The number of rotatable bonds is 2. The quantitative estimate of drug-likeness (QED) is 0.276. The summed E-state index contributed by atoms with van der Waals surface area (Å²) in [6.07, 6.45) is 0. The molecule has 0 atom stereocenters. The zero-order valence-corrected chi connectivity index (χ0v) is 8.50. The van der Waals surface area contributed by atoms with Crippen molar-refractivity contribution in [1.29, 1.82) is 0 Å². The summed E-state index contributed by atoms with van der Waals surface area (Å²) < 4.78 is 23.9. The van der Waals surface area contributed by atoms with Gasteiger partial charge in [-0.1, -0.05) is 0 Å². The van der Waals surface area contributed by atoms with Crippen LogP contribution >= 0.6 is 12.9 Å². The van der Waals surface area contributed by atoms with E-state index in [4.69, 9.17) is 0 Å². The molecule has 0 aromatic heterocycles. The largest absolute Gasteiger partial charge is 1.00 e. The fraction of sp³-hybridized carbons (Fsp3) is 1.00. The minimum atomic E-state index is -3.29. The van der Waals surface area contributed by atoms with E-state index >= 15 is 0 Å². The Morgan fingerprint density at radius 1 is 1.75 bits per heavy atom. The maximum Gasteiger partial charge on any atom is 1.00 e. The van der Waals surface area contributed by atoms with E-state index in [1.807, 2.05) is 0 Å². The second-order valence-electron chi connectivity index (χ2n) is 0.921. The van der Waals surface area contributed by atoms with Gasteiger partial charge in [0.1, 0.15) is 0 Å². The van der Waals surface area contributed by atoms with Gasteiger partial charge in [0.05, 0.1) is 5.75 Å². The first-order valence-electron chi connectivity index (χ1n) is 1.68. The van der Waals surface area contributed by atoms with Crippen LogP contribution in [-0.2, 0) is 13.7 Å². The fourth-order valence-electron chi connectivity index (χ4n) is 0.0527. The van der Waals surface area contributed by atoms with Crippen molar-refractivity contribution in [2.24, 2.45) is 0 Å². The Morgan fingerprint density at radius 2 is 2.12 bits per heavy atom. The predicted molar refractivity (Wildman–Crippen MR) is 30.6 cm³/mol. The molecule has 0 aliphatic rings. The van der Waals surface area contributed by atoms with Crippen LogP contribution in [0.3, 0.4) is 0 Å². The topological polar surface area (TPSA) is 43.4 Å². The van der Waals surface area contributed by atoms with Crippen molar-refractivity contribution < 1.29 is 43.0 Å². The van der Waals surface area contributed by atoms with Gasteiger partial charge < -0.3 is 1.43 Å². The standard InChI is InChI=1S/C2H6O3S2.Na.H/c1-2-7(3,4)5-6;;/h6H,2H2,1H3;;/q;+1;-1. The van der Waals surface area contributed by atoms with E-state index in [1.165, 1.54) is 6.92 Å². The molecule has 0 spiro atoms. The Hall–Kier alpha value is 1.26. The third-order valence-electron chi connectivity index (χ3n) is 0.467. The molecule has 0 radical (unpaired) electrons. The summed E-state index contributed by atoms with van der Waals surface area (Å²) in [7, 11) is -3.29. The van der Waals surface area contributed by atoms with Crippen molar-refractivity contribution >= 4 is 23.0 Å². The molecule has 0 aromatic carbocycles. The van der Waals surface area contributed by atoms with Crippen LogP contribution in [0.25, 0.3) is 0 Å². The van der Waals surface area contributed by atoms with Crippen LogP contribution in [0.4, 0.5) is 0 Å². The molecule has 0 N–H and O–H groups in total. The molecule has 8 heavy (non-hydrogen) atoms. The van der Waals surface area contributed by atoms with Crippen molar-refractivity contribution in [1.82, 2.24) is 0 Å². The van der Waals surface area contributed by atoms with Gasteiger partial charge in [0.15, 0.2) is 0 Å². The molecule has 0 aliphatic heterocycles. The zero-order valence-electron chi connectivity index (χ0n) is 5.79. The molecule has 0 amide bonds. The minimum Gasteiger partial charge on any atom is -1.00 e. The molecule has 0 rings (SSSR count). The fourth-order valence-corrected chi connectivity index (χ4v) is 0.474. The smallest absolute Gasteiger partial charge is 1.00 e. The average Bonchev–Trinajstić information content (AvgIpc) is 1.68. The summed E-state index contributed by atoms with van der Waals surface area (Å²) in [5.41, 5.74) is 0. The van der Waals surface area contributed by atoms with E-state index in [-0.39, 0.29) is 36.7 Å². The monoisotopic (exact) mass is 166 g/mol. The second kappa shape index (κ2) is 5.08. The third-order valence-corrected chi connectivity index (χ3v) is 2.08. The van der Waals surface area contributed by atoms with Crippen molar-refractivity contribution in [3.05, 3.63) is 0 Å². The Bertz CT molecular complexity index is 123. The van der Waals surface area contributed by atoms with Crippen LogP contribution in [0, 0.1) is 0 Å². The van der Waals surface area contributed by atoms with Gasteiger partial charge in [-0.25, -0.2) is 3.63 Å². The molecular weight excluding hydrogens is 159 g/mol. The van der Waals surface area contributed by atoms with Crippen molar-refractivity contribution in [2.75, 3.05) is 5.75 Å². The maximum atomic E-state index is 10.1. The van der Waals surface area contributed by atoms with Gasteiger partial charge in [-0.3, -0.25) is 0 Å². The number of thiol groups is 1. The van der Waals surface area contributed by atoms with Crippen LogP contribution < -0.4 is 29.6 Å². The summed E-state index contributed by atoms with van der Waals surface area (Å²) in [6, 6.07) is 0. The first-order chi connectivity index (χ1) is 3.12. The molecule has 0 heterocycles. The van der Waals surface area contributed by atoms with E-state index < -0.39 is 10.1 Å². The van der Waals surface area contributed by atoms with E-state index in [9.17, 15) is 8.42 Å². The number of hydrogen-bond donors (Lipinski definition) is 1. The summed E-state index contributed by atoms with van der Waals surface area (Å²) >= 11 is 3.09. The van der Waals surface area contributed by atoms with Gasteiger partial charge in [0.2, 0.25) is 0 Å². The average molecular weight is 166 g/mol. The Morgan fingerprint density at radius 3 is 2.12 bits per heavy atom. The van der Waals surface area contributed by atoms with Crippen LogP contribution in [0.2, 0.25) is 0 Å². The molecule has 0 unspecified atom stereocenters. The molecule has 3 nitrogen and oxygen atoms in total. The van der Waals surface area contributed by atoms with Crippen molar-refractivity contribution in [3.63, 3.8) is 0 Å². The molecule has 0 saturated heterocycles. The maximum absolute atomic E-state index is 10.1. The summed E-state index contributed by atoms with van der Waals surface area (Å²) in [5.74, 6) is -0.0312. The van der Waals surface area contributed by atoms with Gasteiger partial charge >= 0.3 is 29.6 Å². The van der Waals surface area contributed by atoms with E-state index in [0.717, 1.165) is 0 Å².